The molecule has 0 aliphatic heterocycles. The molecule has 0 heterocycles. The molecule has 1 unspecified atom stereocenters. The Labute approximate surface area is 104 Å². The normalized spacial score (nSPS) is 25.7. The summed E-state index contributed by atoms with van der Waals surface area (Å²) in [6, 6.07) is 0. The van der Waals surface area contributed by atoms with E-state index >= 15 is 0 Å². The Morgan fingerprint density at radius 2 is 2.06 bits per heavy atom. The monoisotopic (exact) mass is 288 g/mol. The van der Waals surface area contributed by atoms with E-state index in [1.54, 1.807) is 0 Å². The minimum absolute atomic E-state index is 0.148. The third kappa shape index (κ3) is 3.61. The van der Waals surface area contributed by atoms with Crippen molar-refractivity contribution in [3.05, 3.63) is 11.8 Å². The van der Waals surface area contributed by atoms with E-state index in [1.165, 1.54) is 13.2 Å². The molecule has 0 aromatic heterocycles. The highest BCUT2D eigenvalue weighted by atomic mass is 32.2. The Kier molecular flexibility index (Phi) is 4.32. The third-order valence-corrected chi connectivity index (χ3v) is 3.79. The minimum Gasteiger partial charge on any atom is -0.384 e. The van der Waals surface area contributed by atoms with Crippen LogP contribution in [0.1, 0.15) is 26.2 Å². The van der Waals surface area contributed by atoms with Crippen molar-refractivity contribution in [2.75, 3.05) is 13.7 Å². The second kappa shape index (κ2) is 5.08. The van der Waals surface area contributed by atoms with Crippen molar-refractivity contribution in [3.63, 3.8) is 0 Å². The molecule has 1 aliphatic carbocycles. The first-order valence-corrected chi connectivity index (χ1v) is 6.69. The van der Waals surface area contributed by atoms with Gasteiger partial charge in [-0.1, -0.05) is 6.92 Å². The molecule has 0 radical (unpaired) electrons. The van der Waals surface area contributed by atoms with Crippen molar-refractivity contribution in [3.8, 4) is 0 Å². The fourth-order valence-electron chi connectivity index (χ4n) is 1.73. The molecule has 18 heavy (non-hydrogen) atoms. The first-order valence-electron chi connectivity index (χ1n) is 5.28. The summed E-state index contributed by atoms with van der Waals surface area (Å²) in [5, 5.41) is 0. The third-order valence-electron chi connectivity index (χ3n) is 2.79. The fourth-order valence-corrected chi connectivity index (χ4v) is 2.26. The molecule has 1 rings (SSSR count). The number of hydrogen-bond donors (Lipinski definition) is 0. The zero-order chi connectivity index (χ0) is 14.0. The molecule has 4 nitrogen and oxygen atoms in total. The van der Waals surface area contributed by atoms with Gasteiger partial charge in [-0.15, -0.1) is 0 Å². The van der Waals surface area contributed by atoms with E-state index in [0.29, 0.717) is 19.4 Å². The smallest absolute Gasteiger partial charge is 0.384 e. The Balaban J connectivity index is 2.71. The summed E-state index contributed by atoms with van der Waals surface area (Å²) in [6.07, 6.45) is 2.46. The second-order valence-corrected chi connectivity index (χ2v) is 6.14. The Bertz CT molecular complexity index is 427. The highest BCUT2D eigenvalue weighted by Crippen LogP contribution is 2.37. The lowest BCUT2D eigenvalue weighted by atomic mass is 9.79. The van der Waals surface area contributed by atoms with Crippen LogP contribution in [0.3, 0.4) is 0 Å². The van der Waals surface area contributed by atoms with Crippen molar-refractivity contribution in [2.45, 2.75) is 31.7 Å². The van der Waals surface area contributed by atoms with Crippen LogP contribution in [0, 0.1) is 5.41 Å². The molecule has 0 spiro atoms. The summed E-state index contributed by atoms with van der Waals surface area (Å²) < 4.78 is 67.0. The van der Waals surface area contributed by atoms with Gasteiger partial charge in [-0.25, -0.2) is 0 Å². The predicted octanol–water partition coefficient (Wildman–Crippen LogP) is 2.57. The highest BCUT2D eigenvalue weighted by Gasteiger charge is 2.49. The standard InChI is InChI=1S/C10H15F3O4S/c1-9(7-16-2)5-3-8(4-6-9)17-18(14,15)10(11,12)13/h3H,4-7H2,1-2H3. The molecule has 0 bridgehead atoms. The van der Waals surface area contributed by atoms with Gasteiger partial charge in [-0.05, 0) is 24.3 Å². The number of hydrogen-bond acceptors (Lipinski definition) is 4. The molecular weight excluding hydrogens is 273 g/mol. The maximum Gasteiger partial charge on any atom is 0.534 e. The zero-order valence-corrected chi connectivity index (χ0v) is 10.9. The van der Waals surface area contributed by atoms with Gasteiger partial charge in [0.2, 0.25) is 0 Å². The molecule has 8 heteroatoms. The summed E-state index contributed by atoms with van der Waals surface area (Å²) in [7, 11) is -4.01. The first kappa shape index (κ1) is 15.3. The van der Waals surface area contributed by atoms with Crippen LogP contribution in [0.2, 0.25) is 0 Å². The maximum atomic E-state index is 12.1. The van der Waals surface area contributed by atoms with Crippen molar-refractivity contribution < 1.29 is 30.5 Å². The van der Waals surface area contributed by atoms with Gasteiger partial charge in [0.05, 0.1) is 6.61 Å². The first-order chi connectivity index (χ1) is 8.10. The number of allylic oxidation sites excluding steroid dienone is 2. The molecule has 0 saturated carbocycles. The Hall–Kier alpha value is -0.760. The number of alkyl halides is 3. The van der Waals surface area contributed by atoms with Crippen molar-refractivity contribution in [1.29, 1.82) is 0 Å². The summed E-state index contributed by atoms with van der Waals surface area (Å²) in [4.78, 5) is 0. The largest absolute Gasteiger partial charge is 0.534 e. The van der Waals surface area contributed by atoms with Crippen LogP contribution < -0.4 is 0 Å². The second-order valence-electron chi connectivity index (χ2n) is 4.60. The van der Waals surface area contributed by atoms with Crippen LogP contribution in [0.25, 0.3) is 0 Å². The van der Waals surface area contributed by atoms with Gasteiger partial charge in [0.1, 0.15) is 5.76 Å². The van der Waals surface area contributed by atoms with Gasteiger partial charge in [0, 0.05) is 13.5 Å². The van der Waals surface area contributed by atoms with Gasteiger partial charge in [-0.3, -0.25) is 0 Å². The number of methoxy groups -OCH3 is 1. The lowest BCUT2D eigenvalue weighted by Crippen LogP contribution is -2.28. The Morgan fingerprint density at radius 3 is 2.44 bits per heavy atom. The number of halogens is 3. The van der Waals surface area contributed by atoms with Crippen LogP contribution in [0.15, 0.2) is 11.8 Å². The lowest BCUT2D eigenvalue weighted by Gasteiger charge is -2.31. The molecule has 0 amide bonds. The van der Waals surface area contributed by atoms with Crippen LogP contribution in [-0.4, -0.2) is 27.6 Å². The quantitative estimate of drug-likeness (QED) is 0.589. The topological polar surface area (TPSA) is 52.6 Å². The predicted molar refractivity (Wildman–Crippen MR) is 58.0 cm³/mol. The maximum absolute atomic E-state index is 12.1. The average molecular weight is 288 g/mol. The molecular formula is C10H15F3O4S. The summed E-state index contributed by atoms with van der Waals surface area (Å²) in [5.41, 5.74) is -5.58. The van der Waals surface area contributed by atoms with E-state index in [-0.39, 0.29) is 17.6 Å². The van der Waals surface area contributed by atoms with E-state index in [9.17, 15) is 21.6 Å². The summed E-state index contributed by atoms with van der Waals surface area (Å²) >= 11 is 0. The molecule has 0 fully saturated rings. The molecule has 1 aliphatic rings. The summed E-state index contributed by atoms with van der Waals surface area (Å²) in [6.45, 7) is 2.38. The highest BCUT2D eigenvalue weighted by molar-refractivity contribution is 7.87. The summed E-state index contributed by atoms with van der Waals surface area (Å²) in [5.74, 6) is -0.152. The molecule has 0 aromatic rings. The van der Waals surface area contributed by atoms with E-state index in [1.807, 2.05) is 6.92 Å². The van der Waals surface area contributed by atoms with Crippen LogP contribution >= 0.6 is 0 Å². The molecule has 0 aromatic carbocycles. The van der Waals surface area contributed by atoms with Crippen LogP contribution in [-0.2, 0) is 19.0 Å². The van der Waals surface area contributed by atoms with Crippen molar-refractivity contribution >= 4 is 10.1 Å². The van der Waals surface area contributed by atoms with Gasteiger partial charge < -0.3 is 8.92 Å². The minimum atomic E-state index is -5.55. The van der Waals surface area contributed by atoms with E-state index in [2.05, 4.69) is 4.18 Å². The number of ether oxygens (including phenoxy) is 1. The van der Waals surface area contributed by atoms with E-state index in [4.69, 9.17) is 4.74 Å². The van der Waals surface area contributed by atoms with Crippen LogP contribution in [0.5, 0.6) is 0 Å². The van der Waals surface area contributed by atoms with Gasteiger partial charge in [-0.2, -0.15) is 21.6 Å². The van der Waals surface area contributed by atoms with Gasteiger partial charge >= 0.3 is 15.6 Å². The van der Waals surface area contributed by atoms with E-state index in [0.717, 1.165) is 0 Å². The average Bonchev–Trinajstić information content (AvgIpc) is 2.20. The lowest BCUT2D eigenvalue weighted by molar-refractivity contribution is -0.0526. The molecule has 106 valence electrons. The molecule has 0 saturated heterocycles. The van der Waals surface area contributed by atoms with Gasteiger partial charge in [0.15, 0.2) is 0 Å². The molecule has 0 N–H and O–H groups in total. The Morgan fingerprint density at radius 1 is 1.44 bits per heavy atom. The SMILES string of the molecule is COCC1(C)CC=C(OS(=O)(=O)C(F)(F)F)CC1. The number of rotatable bonds is 4. The van der Waals surface area contributed by atoms with Crippen LogP contribution in [0.4, 0.5) is 13.2 Å². The van der Waals surface area contributed by atoms with Crippen molar-refractivity contribution in [2.24, 2.45) is 5.41 Å². The fraction of sp³-hybridized carbons (Fsp3) is 0.800. The zero-order valence-electron chi connectivity index (χ0n) is 10.1. The van der Waals surface area contributed by atoms with Crippen molar-refractivity contribution in [1.82, 2.24) is 0 Å². The molecule has 1 atom stereocenters. The van der Waals surface area contributed by atoms with Gasteiger partial charge in [0.25, 0.3) is 0 Å². The van der Waals surface area contributed by atoms with E-state index < -0.39 is 15.6 Å².